The normalized spacial score (nSPS) is 17.0. The van der Waals surface area contributed by atoms with E-state index in [1.807, 2.05) is 44.2 Å². The largest absolute Gasteiger partial charge is 0.377 e. The van der Waals surface area contributed by atoms with Crippen molar-refractivity contribution in [2.24, 2.45) is 0 Å². The summed E-state index contributed by atoms with van der Waals surface area (Å²) >= 11 is 0. The van der Waals surface area contributed by atoms with Crippen LogP contribution in [0, 0.1) is 13.8 Å². The lowest BCUT2D eigenvalue weighted by atomic mass is 9.87. The van der Waals surface area contributed by atoms with Crippen LogP contribution in [0.3, 0.4) is 0 Å². The van der Waals surface area contributed by atoms with Crippen LogP contribution in [0.25, 0.3) is 16.6 Å². The highest BCUT2D eigenvalue weighted by atomic mass is 16.3. The molecule has 5 nitrogen and oxygen atoms in total. The second-order valence-electron chi connectivity index (χ2n) is 7.94. The van der Waals surface area contributed by atoms with Crippen LogP contribution >= 0.6 is 0 Å². The lowest BCUT2D eigenvalue weighted by Gasteiger charge is -2.23. The number of benzene rings is 3. The maximum Gasteiger partial charge on any atom is 0.266 e. The Morgan fingerprint density at radius 3 is 2.47 bits per heavy atom. The Balaban J connectivity index is 1.78. The summed E-state index contributed by atoms with van der Waals surface area (Å²) < 4.78 is 1.45. The Kier molecular flexibility index (Phi) is 3.98. The minimum absolute atomic E-state index is 0.189. The van der Waals surface area contributed by atoms with Crippen molar-refractivity contribution in [1.82, 2.24) is 9.55 Å². The number of ketones is 1. The van der Waals surface area contributed by atoms with Crippen LogP contribution < -0.4 is 5.56 Å². The lowest BCUT2D eigenvalue weighted by molar-refractivity contribution is 0.0561. The van der Waals surface area contributed by atoms with E-state index >= 15 is 0 Å². The third kappa shape index (κ3) is 2.63. The van der Waals surface area contributed by atoms with Gasteiger partial charge in [-0.3, -0.25) is 14.2 Å². The van der Waals surface area contributed by atoms with Gasteiger partial charge >= 0.3 is 0 Å². The average molecular weight is 396 g/mol. The number of rotatable bonds is 3. The molecule has 1 aromatic heterocycles. The van der Waals surface area contributed by atoms with Crippen molar-refractivity contribution in [3.63, 3.8) is 0 Å². The van der Waals surface area contributed by atoms with Gasteiger partial charge in [0.2, 0.25) is 0 Å². The first-order valence-corrected chi connectivity index (χ1v) is 9.84. The zero-order chi connectivity index (χ0) is 21.0. The summed E-state index contributed by atoms with van der Waals surface area (Å²) in [6.45, 7) is 3.84. The molecular formula is C25H20N2O3. The van der Waals surface area contributed by atoms with E-state index in [9.17, 15) is 14.7 Å². The molecule has 5 rings (SSSR count). The standard InChI is InChI=1S/C25H20N2O3/c1-15-8-10-20-18(12-15)23(29)27-21-11-9-16(2)13-19(21)25(30,24(27)26-20)14-22(28)17-6-4-3-5-7-17/h3-13,30H,14H2,1-2H3/t25-/m0/s1. The number of aromatic nitrogens is 2. The third-order valence-corrected chi connectivity index (χ3v) is 5.74. The van der Waals surface area contributed by atoms with Crippen LogP contribution in [0.2, 0.25) is 0 Å². The fourth-order valence-corrected chi connectivity index (χ4v) is 4.23. The van der Waals surface area contributed by atoms with Crippen LogP contribution in [0.1, 0.15) is 39.3 Å². The Morgan fingerprint density at radius 2 is 1.70 bits per heavy atom. The minimum atomic E-state index is -1.69. The predicted octanol–water partition coefficient (Wildman–Crippen LogP) is 3.82. The molecule has 5 heteroatoms. The summed E-state index contributed by atoms with van der Waals surface area (Å²) in [5.41, 5.74) is 2.07. The van der Waals surface area contributed by atoms with Gasteiger partial charge in [0.05, 0.1) is 23.0 Å². The predicted molar refractivity (Wildman–Crippen MR) is 115 cm³/mol. The second-order valence-corrected chi connectivity index (χ2v) is 7.94. The van der Waals surface area contributed by atoms with E-state index in [2.05, 4.69) is 4.98 Å². The molecule has 0 bridgehead atoms. The molecule has 2 heterocycles. The molecule has 0 radical (unpaired) electrons. The monoisotopic (exact) mass is 396 g/mol. The zero-order valence-corrected chi connectivity index (χ0v) is 16.7. The Morgan fingerprint density at radius 1 is 1.00 bits per heavy atom. The van der Waals surface area contributed by atoms with E-state index in [0.717, 1.165) is 11.1 Å². The van der Waals surface area contributed by atoms with E-state index < -0.39 is 5.60 Å². The number of carbonyl (C=O) groups is 1. The molecule has 1 N–H and O–H groups in total. The molecule has 0 amide bonds. The molecule has 30 heavy (non-hydrogen) atoms. The molecule has 148 valence electrons. The fraction of sp³-hybridized carbons (Fsp3) is 0.160. The van der Waals surface area contributed by atoms with Crippen molar-refractivity contribution in [1.29, 1.82) is 0 Å². The quantitative estimate of drug-likeness (QED) is 0.534. The van der Waals surface area contributed by atoms with Gasteiger partial charge in [-0.1, -0.05) is 59.7 Å². The Labute approximate surface area is 173 Å². The number of hydrogen-bond acceptors (Lipinski definition) is 4. The highest BCUT2D eigenvalue weighted by Gasteiger charge is 2.46. The van der Waals surface area contributed by atoms with E-state index in [1.54, 1.807) is 36.4 Å². The first kappa shape index (κ1) is 18.5. The highest BCUT2D eigenvalue weighted by molar-refractivity contribution is 5.97. The molecule has 0 saturated heterocycles. The molecule has 0 unspecified atom stereocenters. The maximum atomic E-state index is 13.4. The topological polar surface area (TPSA) is 72.2 Å². The summed E-state index contributed by atoms with van der Waals surface area (Å²) in [4.78, 5) is 31.1. The van der Waals surface area contributed by atoms with Gasteiger partial charge in [0.1, 0.15) is 0 Å². The number of hydrogen-bond donors (Lipinski definition) is 1. The molecule has 1 atom stereocenters. The smallest absolute Gasteiger partial charge is 0.266 e. The van der Waals surface area contributed by atoms with Crippen LogP contribution in [0.4, 0.5) is 0 Å². The van der Waals surface area contributed by atoms with Gasteiger partial charge in [-0.2, -0.15) is 0 Å². The van der Waals surface area contributed by atoms with E-state index in [-0.39, 0.29) is 23.6 Å². The number of aliphatic hydroxyl groups is 1. The molecule has 0 fully saturated rings. The van der Waals surface area contributed by atoms with E-state index in [4.69, 9.17) is 0 Å². The van der Waals surface area contributed by atoms with Crippen molar-refractivity contribution in [2.75, 3.05) is 0 Å². The van der Waals surface area contributed by atoms with Crippen molar-refractivity contribution in [3.8, 4) is 5.69 Å². The number of aryl methyl sites for hydroxylation is 2. The first-order valence-electron chi connectivity index (χ1n) is 9.84. The molecule has 3 aromatic carbocycles. The number of carbonyl (C=O) groups excluding carboxylic acids is 1. The summed E-state index contributed by atoms with van der Waals surface area (Å²) in [5, 5.41) is 12.3. The molecule has 1 aliphatic heterocycles. The fourth-order valence-electron chi connectivity index (χ4n) is 4.23. The third-order valence-electron chi connectivity index (χ3n) is 5.74. The summed E-state index contributed by atoms with van der Waals surface area (Å²) in [7, 11) is 0. The second kappa shape index (κ2) is 6.47. The first-order chi connectivity index (χ1) is 14.4. The SMILES string of the molecule is Cc1ccc2c(c1)[C@@](O)(CC(=O)c1ccccc1)c1nc3ccc(C)cc3c(=O)n1-2. The molecule has 0 spiro atoms. The molecule has 4 aromatic rings. The van der Waals surface area contributed by atoms with Gasteiger partial charge in [-0.05, 0) is 32.0 Å². The number of Topliss-reactive ketones (excluding diaryl/α,β-unsaturated/α-hetero) is 1. The van der Waals surface area contributed by atoms with Crippen LogP contribution in [0.15, 0.2) is 71.5 Å². The lowest BCUT2D eigenvalue weighted by Crippen LogP contribution is -2.32. The maximum absolute atomic E-state index is 13.4. The van der Waals surface area contributed by atoms with E-state index in [1.165, 1.54) is 4.57 Å². The van der Waals surface area contributed by atoms with Crippen molar-refractivity contribution < 1.29 is 9.90 Å². The number of nitrogens with zero attached hydrogens (tertiary/aromatic N) is 2. The highest BCUT2D eigenvalue weighted by Crippen LogP contribution is 2.43. The van der Waals surface area contributed by atoms with Crippen molar-refractivity contribution in [2.45, 2.75) is 25.9 Å². The summed E-state index contributed by atoms with van der Waals surface area (Å²) in [6, 6.07) is 19.9. The molecule has 0 saturated carbocycles. The van der Waals surface area contributed by atoms with Gasteiger partial charge in [0.25, 0.3) is 5.56 Å². The van der Waals surface area contributed by atoms with Gasteiger partial charge in [0.15, 0.2) is 17.2 Å². The van der Waals surface area contributed by atoms with Crippen molar-refractivity contribution in [3.05, 3.63) is 105 Å². The zero-order valence-electron chi connectivity index (χ0n) is 16.7. The average Bonchev–Trinajstić information content (AvgIpc) is 2.97. The van der Waals surface area contributed by atoms with Gasteiger partial charge in [-0.25, -0.2) is 4.98 Å². The molecule has 0 aliphatic carbocycles. The van der Waals surface area contributed by atoms with Crippen LogP contribution in [0.5, 0.6) is 0 Å². The summed E-state index contributed by atoms with van der Waals surface area (Å²) in [5.74, 6) is -0.0222. The molecular weight excluding hydrogens is 376 g/mol. The molecule has 1 aliphatic rings. The van der Waals surface area contributed by atoms with Gasteiger partial charge in [-0.15, -0.1) is 0 Å². The van der Waals surface area contributed by atoms with Crippen molar-refractivity contribution >= 4 is 16.7 Å². The Hall–Kier alpha value is -3.57. The Bertz CT molecular complexity index is 1390. The minimum Gasteiger partial charge on any atom is -0.377 e. The van der Waals surface area contributed by atoms with Crippen LogP contribution in [-0.4, -0.2) is 20.4 Å². The van der Waals surface area contributed by atoms with Gasteiger partial charge in [0, 0.05) is 11.1 Å². The van der Waals surface area contributed by atoms with Gasteiger partial charge < -0.3 is 5.11 Å². The van der Waals surface area contributed by atoms with Crippen LogP contribution in [-0.2, 0) is 5.60 Å². The number of fused-ring (bicyclic) bond motifs is 4. The van der Waals surface area contributed by atoms with E-state index in [0.29, 0.717) is 27.7 Å². The summed E-state index contributed by atoms with van der Waals surface area (Å²) in [6.07, 6.45) is -0.197.